The van der Waals surface area contributed by atoms with Crippen LogP contribution in [0.5, 0.6) is 0 Å². The van der Waals surface area contributed by atoms with E-state index in [-0.39, 0.29) is 6.61 Å². The summed E-state index contributed by atoms with van der Waals surface area (Å²) in [5, 5.41) is 13.0. The molecular weight excluding hydrogens is 322 g/mol. The third kappa shape index (κ3) is 5.14. The fraction of sp³-hybridized carbons (Fsp3) is 0.263. The number of hydrogen-bond acceptors (Lipinski definition) is 5. The predicted octanol–water partition coefficient (Wildman–Crippen LogP) is 1.59. The summed E-state index contributed by atoms with van der Waals surface area (Å²) in [4.78, 5) is 22.9. The molecule has 0 fully saturated rings. The average Bonchev–Trinajstić information content (AvgIpc) is 2.67. The van der Waals surface area contributed by atoms with Crippen LogP contribution in [0.15, 0.2) is 60.7 Å². The van der Waals surface area contributed by atoms with Crippen LogP contribution in [-0.4, -0.2) is 36.8 Å². The van der Waals surface area contributed by atoms with Crippen LogP contribution in [0.25, 0.3) is 0 Å². The molecule has 6 nitrogen and oxygen atoms in total. The van der Waals surface area contributed by atoms with Crippen LogP contribution in [-0.2, 0) is 25.7 Å². The van der Waals surface area contributed by atoms with Gasteiger partial charge in [-0.1, -0.05) is 60.7 Å². The van der Waals surface area contributed by atoms with Gasteiger partial charge in [-0.15, -0.1) is 0 Å². The third-order valence-electron chi connectivity index (χ3n) is 3.77. The first-order valence-corrected chi connectivity index (χ1v) is 7.83. The zero-order chi connectivity index (χ0) is 18.1. The number of hydrogen-bond donors (Lipinski definition) is 2. The number of methoxy groups -OCH3 is 1. The van der Waals surface area contributed by atoms with Crippen molar-refractivity contribution in [1.29, 1.82) is 0 Å². The van der Waals surface area contributed by atoms with Crippen molar-refractivity contribution < 1.29 is 24.2 Å². The molecule has 25 heavy (non-hydrogen) atoms. The number of carbonyl (C=O) groups excluding carboxylic acids is 2. The first-order valence-electron chi connectivity index (χ1n) is 7.83. The molecule has 0 radical (unpaired) electrons. The molecule has 0 spiro atoms. The van der Waals surface area contributed by atoms with E-state index in [0.717, 1.165) is 5.56 Å². The highest BCUT2D eigenvalue weighted by atomic mass is 16.6. The van der Waals surface area contributed by atoms with Crippen molar-refractivity contribution in [1.82, 2.24) is 5.32 Å². The van der Waals surface area contributed by atoms with Gasteiger partial charge in [-0.2, -0.15) is 0 Å². The first-order chi connectivity index (χ1) is 12.2. The molecule has 0 bridgehead atoms. The Morgan fingerprint density at radius 1 is 1.12 bits per heavy atom. The van der Waals surface area contributed by atoms with E-state index in [1.165, 1.54) is 7.11 Å². The number of ether oxygens (including phenoxy) is 2. The topological polar surface area (TPSA) is 84.9 Å². The minimum Gasteiger partial charge on any atom is -0.467 e. The lowest BCUT2D eigenvalue weighted by atomic mass is 9.97. The largest absolute Gasteiger partial charge is 0.467 e. The number of nitrogens with one attached hydrogen (secondary N) is 1. The number of benzene rings is 2. The van der Waals surface area contributed by atoms with Crippen LogP contribution in [0.2, 0.25) is 0 Å². The van der Waals surface area contributed by atoms with Crippen LogP contribution in [0.3, 0.4) is 0 Å². The Kier molecular flexibility index (Phi) is 7.13. The molecule has 1 unspecified atom stereocenters. The van der Waals surface area contributed by atoms with Gasteiger partial charge in [0, 0.05) is 0 Å². The highest BCUT2D eigenvalue weighted by Crippen LogP contribution is 2.23. The van der Waals surface area contributed by atoms with Crippen molar-refractivity contribution in [2.45, 2.75) is 24.9 Å². The predicted molar refractivity (Wildman–Crippen MR) is 91.4 cm³/mol. The number of aliphatic hydroxyl groups excluding tert-OH is 1. The fourth-order valence-corrected chi connectivity index (χ4v) is 2.51. The van der Waals surface area contributed by atoms with Crippen molar-refractivity contribution in [3.63, 3.8) is 0 Å². The van der Waals surface area contributed by atoms with E-state index in [1.807, 2.05) is 36.4 Å². The summed E-state index contributed by atoms with van der Waals surface area (Å²) in [5.41, 5.74) is 1.58. The highest BCUT2D eigenvalue weighted by molar-refractivity contribution is 5.75. The summed E-state index contributed by atoms with van der Waals surface area (Å²) in [6.45, 7) is 0.170. The van der Waals surface area contributed by atoms with Crippen LogP contribution >= 0.6 is 0 Å². The molecule has 2 aromatic rings. The van der Waals surface area contributed by atoms with E-state index in [9.17, 15) is 14.7 Å². The van der Waals surface area contributed by atoms with Crippen LogP contribution in [0, 0.1) is 0 Å². The van der Waals surface area contributed by atoms with Gasteiger partial charge in [0.05, 0.1) is 19.8 Å². The Hall–Kier alpha value is -2.70. The lowest BCUT2D eigenvalue weighted by Gasteiger charge is -2.29. The van der Waals surface area contributed by atoms with Gasteiger partial charge in [0.25, 0.3) is 0 Å². The first kappa shape index (κ1) is 18.6. The smallest absolute Gasteiger partial charge is 0.337 e. The van der Waals surface area contributed by atoms with Gasteiger partial charge in [-0.25, -0.2) is 4.79 Å². The maximum atomic E-state index is 11.8. The summed E-state index contributed by atoms with van der Waals surface area (Å²) < 4.78 is 10.4. The van der Waals surface area contributed by atoms with E-state index < -0.39 is 24.2 Å². The molecule has 0 aliphatic heterocycles. The maximum absolute atomic E-state index is 11.8. The Bertz CT molecular complexity index is 662. The number of carbonyl (C=O) groups is 2. The van der Waals surface area contributed by atoms with Crippen LogP contribution < -0.4 is 5.32 Å². The number of rotatable bonds is 9. The molecule has 0 heterocycles. The van der Waals surface area contributed by atoms with E-state index in [1.54, 1.807) is 24.3 Å². The molecule has 2 aromatic carbocycles. The van der Waals surface area contributed by atoms with Crippen molar-refractivity contribution in [3.05, 3.63) is 71.8 Å². The summed E-state index contributed by atoms with van der Waals surface area (Å²) in [6.07, 6.45) is -2.05. The van der Waals surface area contributed by atoms with Gasteiger partial charge >= 0.3 is 5.97 Å². The lowest BCUT2D eigenvalue weighted by molar-refractivity contribution is -0.162. The summed E-state index contributed by atoms with van der Waals surface area (Å²) in [7, 11) is 1.19. The van der Waals surface area contributed by atoms with Crippen molar-refractivity contribution >= 4 is 12.4 Å². The Labute approximate surface area is 146 Å². The van der Waals surface area contributed by atoms with Crippen molar-refractivity contribution in [2.75, 3.05) is 7.11 Å². The minimum absolute atomic E-state index is 0.170. The monoisotopic (exact) mass is 343 g/mol. The van der Waals surface area contributed by atoms with Gasteiger partial charge in [-0.3, -0.25) is 4.79 Å². The standard InChI is InChI=1S/C19H21NO5/c1-24-19(23)17(22)18(25-12-14-8-4-2-5-9-14)16(20-13-21)15-10-6-3-7-11-15/h2-11,13,16-18,22H,12H2,1H3,(H,20,21)/t16?,17-,18-/m0/s1. The second-order valence-corrected chi connectivity index (χ2v) is 5.40. The molecule has 2 rings (SSSR count). The zero-order valence-electron chi connectivity index (χ0n) is 13.9. The van der Waals surface area contributed by atoms with Crippen LogP contribution in [0.4, 0.5) is 0 Å². The maximum Gasteiger partial charge on any atom is 0.337 e. The van der Waals surface area contributed by atoms with Gasteiger partial charge < -0.3 is 19.9 Å². The quantitative estimate of drug-likeness (QED) is 0.534. The van der Waals surface area contributed by atoms with E-state index in [2.05, 4.69) is 10.1 Å². The van der Waals surface area contributed by atoms with Gasteiger partial charge in [0.2, 0.25) is 6.41 Å². The molecule has 0 aliphatic carbocycles. The van der Waals surface area contributed by atoms with E-state index in [0.29, 0.717) is 12.0 Å². The van der Waals surface area contributed by atoms with Gasteiger partial charge in [-0.05, 0) is 11.1 Å². The summed E-state index contributed by atoms with van der Waals surface area (Å²) >= 11 is 0. The number of amides is 1. The molecule has 1 amide bonds. The highest BCUT2D eigenvalue weighted by Gasteiger charge is 2.35. The van der Waals surface area contributed by atoms with E-state index in [4.69, 9.17) is 4.74 Å². The van der Waals surface area contributed by atoms with Crippen molar-refractivity contribution in [2.24, 2.45) is 0 Å². The lowest BCUT2D eigenvalue weighted by Crippen LogP contribution is -2.45. The molecule has 3 atom stereocenters. The molecule has 0 aromatic heterocycles. The zero-order valence-corrected chi connectivity index (χ0v) is 13.9. The molecule has 2 N–H and O–H groups in total. The molecule has 0 saturated carbocycles. The SMILES string of the molecule is COC(=O)[C@@H](O)[C@@H](OCc1ccccc1)C(NC=O)c1ccccc1. The summed E-state index contributed by atoms with van der Waals surface area (Å²) in [6, 6.07) is 17.6. The Morgan fingerprint density at radius 2 is 1.72 bits per heavy atom. The average molecular weight is 343 g/mol. The third-order valence-corrected chi connectivity index (χ3v) is 3.77. The normalized spacial score (nSPS) is 14.2. The van der Waals surface area contributed by atoms with E-state index >= 15 is 0 Å². The van der Waals surface area contributed by atoms with Crippen LogP contribution in [0.1, 0.15) is 17.2 Å². The van der Waals surface area contributed by atoms with Gasteiger partial charge in [0.1, 0.15) is 6.10 Å². The Morgan fingerprint density at radius 3 is 2.28 bits per heavy atom. The minimum atomic E-state index is -1.55. The molecule has 6 heteroatoms. The van der Waals surface area contributed by atoms with Crippen molar-refractivity contribution in [3.8, 4) is 0 Å². The molecule has 0 aliphatic rings. The number of esters is 1. The fourth-order valence-electron chi connectivity index (χ4n) is 2.51. The molecular formula is C19H21NO5. The molecule has 0 saturated heterocycles. The Balaban J connectivity index is 2.27. The second kappa shape index (κ2) is 9.56. The summed E-state index contributed by atoms with van der Waals surface area (Å²) in [5.74, 6) is -0.827. The second-order valence-electron chi connectivity index (χ2n) is 5.40. The molecule has 132 valence electrons. The van der Waals surface area contributed by atoms with Gasteiger partial charge in [0.15, 0.2) is 6.10 Å². The number of aliphatic hydroxyl groups is 1.